The molecule has 1 amide bonds. The van der Waals surface area contributed by atoms with E-state index in [1.54, 1.807) is 11.8 Å². The summed E-state index contributed by atoms with van der Waals surface area (Å²) >= 11 is 6.16. The number of rotatable bonds is 7. The van der Waals surface area contributed by atoms with Crippen molar-refractivity contribution in [1.82, 2.24) is 9.80 Å². The fourth-order valence-corrected chi connectivity index (χ4v) is 3.83. The van der Waals surface area contributed by atoms with Crippen LogP contribution in [0, 0.1) is 0 Å². The van der Waals surface area contributed by atoms with Gasteiger partial charge in [0.1, 0.15) is 0 Å². The zero-order chi connectivity index (χ0) is 22.4. The number of carbonyl (C=O) groups is 2. The molecule has 1 aliphatic rings. The first-order valence-corrected chi connectivity index (χ1v) is 10.5. The van der Waals surface area contributed by atoms with Crippen LogP contribution in [0.5, 0.6) is 11.5 Å². The summed E-state index contributed by atoms with van der Waals surface area (Å²) in [5.74, 6) is -0.209. The number of hydrogen-bond donors (Lipinski definition) is 0. The minimum absolute atomic E-state index is 0.190. The molecule has 8 heteroatoms. The van der Waals surface area contributed by atoms with Crippen LogP contribution < -0.4 is 9.47 Å². The van der Waals surface area contributed by atoms with E-state index in [9.17, 15) is 9.59 Å². The monoisotopic (exact) mass is 446 g/mol. The highest BCUT2D eigenvalue weighted by atomic mass is 35.5. The van der Waals surface area contributed by atoms with E-state index in [1.807, 2.05) is 18.2 Å². The highest BCUT2D eigenvalue weighted by molar-refractivity contribution is 6.32. The number of carbonyl (C=O) groups excluding carboxylic acids is 2. The van der Waals surface area contributed by atoms with Gasteiger partial charge in [0, 0.05) is 32.7 Å². The lowest BCUT2D eigenvalue weighted by Gasteiger charge is -2.35. The Kier molecular flexibility index (Phi) is 7.76. The van der Waals surface area contributed by atoms with Gasteiger partial charge >= 0.3 is 5.97 Å². The molecule has 0 bridgehead atoms. The third-order valence-electron chi connectivity index (χ3n) is 5.23. The average Bonchev–Trinajstić information content (AvgIpc) is 2.79. The van der Waals surface area contributed by atoms with Crippen LogP contribution in [0.4, 0.5) is 0 Å². The molecule has 166 valence electrons. The normalized spacial score (nSPS) is 15.3. The standard InChI is InChI=1S/C23H27ClN2O5/c1-16(31-23(28)18-13-19(24)21(30-3)20(14-18)29-2)22(27)26-11-9-25(10-12-26)15-17-7-5-4-6-8-17/h4-8,13-14,16H,9-12,15H2,1-3H3. The van der Waals surface area contributed by atoms with Gasteiger partial charge in [-0.15, -0.1) is 0 Å². The predicted octanol–water partition coefficient (Wildman–Crippen LogP) is 3.25. The Labute approximate surface area is 187 Å². The molecule has 7 nitrogen and oxygen atoms in total. The van der Waals surface area contributed by atoms with Crippen molar-refractivity contribution >= 4 is 23.5 Å². The minimum Gasteiger partial charge on any atom is -0.493 e. The number of methoxy groups -OCH3 is 2. The molecule has 1 atom stereocenters. The lowest BCUT2D eigenvalue weighted by Crippen LogP contribution is -2.51. The Balaban J connectivity index is 1.55. The Morgan fingerprint density at radius 3 is 2.32 bits per heavy atom. The molecule has 1 aliphatic heterocycles. The Morgan fingerprint density at radius 2 is 1.71 bits per heavy atom. The van der Waals surface area contributed by atoms with Crippen LogP contribution in [0.3, 0.4) is 0 Å². The van der Waals surface area contributed by atoms with Gasteiger partial charge < -0.3 is 19.1 Å². The summed E-state index contributed by atoms with van der Waals surface area (Å²) in [6.07, 6.45) is -0.903. The van der Waals surface area contributed by atoms with Gasteiger partial charge in [-0.25, -0.2) is 4.79 Å². The molecule has 0 saturated carbocycles. The third-order valence-corrected chi connectivity index (χ3v) is 5.51. The molecule has 1 saturated heterocycles. The van der Waals surface area contributed by atoms with E-state index in [0.717, 1.165) is 19.6 Å². The van der Waals surface area contributed by atoms with Crippen LogP contribution in [0.15, 0.2) is 42.5 Å². The first-order valence-electron chi connectivity index (χ1n) is 10.1. The molecule has 0 aliphatic carbocycles. The van der Waals surface area contributed by atoms with E-state index in [-0.39, 0.29) is 16.5 Å². The Hall–Kier alpha value is -2.77. The fraction of sp³-hybridized carbons (Fsp3) is 0.391. The van der Waals surface area contributed by atoms with Crippen LogP contribution in [0.1, 0.15) is 22.8 Å². The maximum atomic E-state index is 12.8. The number of ether oxygens (including phenoxy) is 3. The zero-order valence-electron chi connectivity index (χ0n) is 18.0. The number of nitrogens with zero attached hydrogens (tertiary/aromatic N) is 2. The van der Waals surface area contributed by atoms with Crippen molar-refractivity contribution in [3.63, 3.8) is 0 Å². The van der Waals surface area contributed by atoms with Crippen LogP contribution in [-0.2, 0) is 16.1 Å². The molecular formula is C23H27ClN2O5. The van der Waals surface area contributed by atoms with E-state index >= 15 is 0 Å². The second-order valence-corrected chi connectivity index (χ2v) is 7.74. The summed E-state index contributed by atoms with van der Waals surface area (Å²) in [6, 6.07) is 13.2. The largest absolute Gasteiger partial charge is 0.493 e. The van der Waals surface area contributed by atoms with Crippen molar-refractivity contribution in [2.75, 3.05) is 40.4 Å². The number of hydrogen-bond acceptors (Lipinski definition) is 6. The molecule has 31 heavy (non-hydrogen) atoms. The van der Waals surface area contributed by atoms with Gasteiger partial charge in [-0.05, 0) is 24.6 Å². The molecule has 3 rings (SSSR count). The summed E-state index contributed by atoms with van der Waals surface area (Å²) < 4.78 is 15.8. The topological polar surface area (TPSA) is 68.3 Å². The van der Waals surface area contributed by atoms with Crippen molar-refractivity contribution in [2.24, 2.45) is 0 Å². The molecular weight excluding hydrogens is 420 g/mol. The first kappa shape index (κ1) is 22.9. The third kappa shape index (κ3) is 5.68. The maximum absolute atomic E-state index is 12.8. The predicted molar refractivity (Wildman–Crippen MR) is 118 cm³/mol. The number of halogens is 1. The molecule has 0 aromatic heterocycles. The van der Waals surface area contributed by atoms with Gasteiger partial charge in [0.05, 0.1) is 24.8 Å². The molecule has 1 heterocycles. The van der Waals surface area contributed by atoms with Crippen molar-refractivity contribution in [1.29, 1.82) is 0 Å². The Bertz CT molecular complexity index is 914. The van der Waals surface area contributed by atoms with E-state index < -0.39 is 12.1 Å². The lowest BCUT2D eigenvalue weighted by molar-refractivity contribution is -0.141. The molecule has 1 unspecified atom stereocenters. The second kappa shape index (κ2) is 10.5. The molecule has 0 N–H and O–H groups in total. The average molecular weight is 447 g/mol. The number of benzene rings is 2. The molecule has 0 radical (unpaired) electrons. The summed E-state index contributed by atoms with van der Waals surface area (Å²) in [4.78, 5) is 29.4. The summed E-state index contributed by atoms with van der Waals surface area (Å²) in [5, 5.41) is 0.224. The van der Waals surface area contributed by atoms with Crippen LogP contribution in [0.2, 0.25) is 5.02 Å². The van der Waals surface area contributed by atoms with Crippen molar-refractivity contribution < 1.29 is 23.8 Å². The van der Waals surface area contributed by atoms with E-state index in [0.29, 0.717) is 24.6 Å². The lowest BCUT2D eigenvalue weighted by atomic mass is 10.2. The van der Waals surface area contributed by atoms with E-state index in [1.165, 1.54) is 31.9 Å². The number of amides is 1. The molecule has 2 aromatic rings. The Morgan fingerprint density at radius 1 is 1.03 bits per heavy atom. The highest BCUT2D eigenvalue weighted by Crippen LogP contribution is 2.36. The van der Waals surface area contributed by atoms with Crippen molar-refractivity contribution in [3.05, 3.63) is 58.6 Å². The SMILES string of the molecule is COc1cc(C(=O)OC(C)C(=O)N2CCN(Cc3ccccc3)CC2)cc(Cl)c1OC. The summed E-state index contributed by atoms with van der Waals surface area (Å²) in [6.45, 7) is 5.16. The minimum atomic E-state index is -0.903. The van der Waals surface area contributed by atoms with E-state index in [2.05, 4.69) is 17.0 Å². The van der Waals surface area contributed by atoms with Crippen LogP contribution >= 0.6 is 11.6 Å². The van der Waals surface area contributed by atoms with Gasteiger partial charge in [0.25, 0.3) is 5.91 Å². The van der Waals surface area contributed by atoms with Gasteiger partial charge in [0.15, 0.2) is 17.6 Å². The summed E-state index contributed by atoms with van der Waals surface area (Å²) in [5.41, 5.74) is 1.44. The van der Waals surface area contributed by atoms with Crippen LogP contribution in [-0.4, -0.2) is 68.2 Å². The first-order chi connectivity index (χ1) is 14.9. The number of esters is 1. The van der Waals surface area contributed by atoms with Crippen molar-refractivity contribution in [3.8, 4) is 11.5 Å². The number of piperazine rings is 1. The zero-order valence-corrected chi connectivity index (χ0v) is 18.7. The van der Waals surface area contributed by atoms with Gasteiger partial charge in [-0.1, -0.05) is 41.9 Å². The van der Waals surface area contributed by atoms with Crippen molar-refractivity contribution in [2.45, 2.75) is 19.6 Å². The molecule has 1 fully saturated rings. The fourth-order valence-electron chi connectivity index (χ4n) is 3.54. The van der Waals surface area contributed by atoms with Gasteiger partial charge in [0.2, 0.25) is 0 Å². The summed E-state index contributed by atoms with van der Waals surface area (Å²) in [7, 11) is 2.91. The quantitative estimate of drug-likeness (QED) is 0.608. The molecule has 0 spiro atoms. The van der Waals surface area contributed by atoms with Gasteiger partial charge in [-0.3, -0.25) is 9.69 Å². The van der Waals surface area contributed by atoms with Crippen LogP contribution in [0.25, 0.3) is 0 Å². The molecule has 2 aromatic carbocycles. The van der Waals surface area contributed by atoms with E-state index in [4.69, 9.17) is 25.8 Å². The smallest absolute Gasteiger partial charge is 0.339 e. The maximum Gasteiger partial charge on any atom is 0.339 e. The van der Waals surface area contributed by atoms with Gasteiger partial charge in [-0.2, -0.15) is 0 Å². The highest BCUT2D eigenvalue weighted by Gasteiger charge is 2.28. The second-order valence-electron chi connectivity index (χ2n) is 7.33.